The van der Waals surface area contributed by atoms with Crippen molar-refractivity contribution in [1.29, 1.82) is 0 Å². The Labute approximate surface area is 138 Å². The SMILES string of the molecule is COC(=O)OCCc1cc2c(cc1-c1ccsc1)OC(C)(C)O2. The normalized spacial score (nSPS) is 14.6. The molecular formula is C17H18O5S. The van der Waals surface area contributed by atoms with E-state index in [0.29, 0.717) is 12.2 Å². The first-order valence-corrected chi connectivity index (χ1v) is 8.21. The van der Waals surface area contributed by atoms with Crippen molar-refractivity contribution in [2.75, 3.05) is 13.7 Å². The molecule has 0 atom stereocenters. The zero-order valence-electron chi connectivity index (χ0n) is 13.3. The average Bonchev–Trinajstić information content (AvgIpc) is 3.11. The molecule has 3 rings (SSSR count). The van der Waals surface area contributed by atoms with Gasteiger partial charge in [0.05, 0.1) is 13.7 Å². The maximum Gasteiger partial charge on any atom is 0.507 e. The fourth-order valence-corrected chi connectivity index (χ4v) is 3.16. The van der Waals surface area contributed by atoms with Crippen LogP contribution in [0, 0.1) is 0 Å². The lowest BCUT2D eigenvalue weighted by molar-refractivity contribution is -0.0431. The summed E-state index contributed by atoms with van der Waals surface area (Å²) in [5.74, 6) is 0.769. The molecule has 1 aromatic heterocycles. The van der Waals surface area contributed by atoms with Crippen molar-refractivity contribution in [1.82, 2.24) is 0 Å². The molecule has 0 amide bonds. The van der Waals surface area contributed by atoms with Crippen molar-refractivity contribution >= 4 is 17.5 Å². The summed E-state index contributed by atoms with van der Waals surface area (Å²) in [6.45, 7) is 3.99. The van der Waals surface area contributed by atoms with Gasteiger partial charge in [0.1, 0.15) is 0 Å². The summed E-state index contributed by atoms with van der Waals surface area (Å²) in [5, 5.41) is 4.10. The number of thiophene rings is 1. The summed E-state index contributed by atoms with van der Waals surface area (Å²) in [5.41, 5.74) is 3.20. The smallest absolute Gasteiger partial charge is 0.449 e. The van der Waals surface area contributed by atoms with Crippen LogP contribution in [0.4, 0.5) is 4.79 Å². The first-order valence-electron chi connectivity index (χ1n) is 7.27. The molecule has 122 valence electrons. The first kappa shape index (κ1) is 15.7. The van der Waals surface area contributed by atoms with Gasteiger partial charge >= 0.3 is 6.16 Å². The van der Waals surface area contributed by atoms with E-state index in [9.17, 15) is 4.79 Å². The lowest BCUT2D eigenvalue weighted by atomic mass is 9.99. The predicted molar refractivity (Wildman–Crippen MR) is 87.2 cm³/mol. The minimum absolute atomic E-state index is 0.243. The number of fused-ring (bicyclic) bond motifs is 1. The van der Waals surface area contributed by atoms with Crippen LogP contribution < -0.4 is 9.47 Å². The van der Waals surface area contributed by atoms with Gasteiger partial charge in [-0.05, 0) is 45.6 Å². The molecule has 23 heavy (non-hydrogen) atoms. The Morgan fingerprint density at radius 1 is 1.26 bits per heavy atom. The van der Waals surface area contributed by atoms with E-state index >= 15 is 0 Å². The first-order chi connectivity index (χ1) is 11.0. The van der Waals surface area contributed by atoms with Crippen molar-refractivity contribution in [2.45, 2.75) is 26.1 Å². The third-order valence-corrected chi connectivity index (χ3v) is 4.15. The molecule has 1 aliphatic heterocycles. The lowest BCUT2D eigenvalue weighted by Crippen LogP contribution is -2.29. The minimum Gasteiger partial charge on any atom is -0.449 e. The summed E-state index contributed by atoms with van der Waals surface area (Å²) in [6, 6.07) is 6.00. The number of carbonyl (C=O) groups excluding carboxylic acids is 1. The van der Waals surface area contributed by atoms with Gasteiger partial charge in [-0.1, -0.05) is 0 Å². The number of hydrogen-bond acceptors (Lipinski definition) is 6. The third kappa shape index (κ3) is 3.42. The van der Waals surface area contributed by atoms with Crippen molar-refractivity contribution < 1.29 is 23.7 Å². The Morgan fingerprint density at radius 2 is 2.00 bits per heavy atom. The van der Waals surface area contributed by atoms with E-state index in [0.717, 1.165) is 22.4 Å². The fraction of sp³-hybridized carbons (Fsp3) is 0.353. The zero-order valence-corrected chi connectivity index (χ0v) is 14.1. The molecule has 1 aromatic carbocycles. The molecule has 0 N–H and O–H groups in total. The quantitative estimate of drug-likeness (QED) is 0.783. The van der Waals surface area contributed by atoms with E-state index in [1.807, 2.05) is 31.4 Å². The maximum absolute atomic E-state index is 11.1. The lowest BCUT2D eigenvalue weighted by Gasteiger charge is -2.16. The largest absolute Gasteiger partial charge is 0.507 e. The number of ether oxygens (including phenoxy) is 4. The van der Waals surface area contributed by atoms with Gasteiger partial charge in [-0.25, -0.2) is 4.79 Å². The van der Waals surface area contributed by atoms with Crippen LogP contribution in [0.2, 0.25) is 0 Å². The van der Waals surface area contributed by atoms with Gasteiger partial charge in [0, 0.05) is 20.3 Å². The second-order valence-corrected chi connectivity index (χ2v) is 6.40. The molecular weight excluding hydrogens is 316 g/mol. The monoisotopic (exact) mass is 334 g/mol. The van der Waals surface area contributed by atoms with Crippen LogP contribution in [-0.2, 0) is 15.9 Å². The summed E-state index contributed by atoms with van der Waals surface area (Å²) in [7, 11) is 1.29. The standard InChI is InChI=1S/C17H18O5S/c1-17(2)21-14-8-11(4-6-20-16(18)19-3)13(9-15(14)22-17)12-5-7-23-10-12/h5,7-10H,4,6H2,1-3H3. The average molecular weight is 334 g/mol. The Bertz CT molecular complexity index is 706. The molecule has 6 heteroatoms. The van der Waals surface area contributed by atoms with Crippen LogP contribution in [0.1, 0.15) is 19.4 Å². The van der Waals surface area contributed by atoms with E-state index in [4.69, 9.17) is 14.2 Å². The van der Waals surface area contributed by atoms with Gasteiger partial charge in [0.2, 0.25) is 5.79 Å². The van der Waals surface area contributed by atoms with Gasteiger partial charge in [-0.3, -0.25) is 0 Å². The third-order valence-electron chi connectivity index (χ3n) is 3.47. The number of methoxy groups -OCH3 is 1. The number of carbonyl (C=O) groups is 1. The predicted octanol–water partition coefficient (Wildman–Crippen LogP) is 4.25. The second kappa shape index (κ2) is 6.12. The van der Waals surface area contributed by atoms with Crippen LogP contribution in [0.25, 0.3) is 11.1 Å². The Morgan fingerprint density at radius 3 is 2.65 bits per heavy atom. The molecule has 0 aliphatic carbocycles. The molecule has 0 radical (unpaired) electrons. The number of hydrogen-bond donors (Lipinski definition) is 0. The van der Waals surface area contributed by atoms with E-state index in [-0.39, 0.29) is 6.61 Å². The van der Waals surface area contributed by atoms with Crippen LogP contribution in [0.5, 0.6) is 11.5 Å². The van der Waals surface area contributed by atoms with Crippen molar-refractivity contribution in [3.05, 3.63) is 34.5 Å². The Balaban J connectivity index is 1.89. The molecule has 5 nitrogen and oxygen atoms in total. The molecule has 0 saturated heterocycles. The molecule has 0 spiro atoms. The van der Waals surface area contributed by atoms with Crippen molar-refractivity contribution in [2.24, 2.45) is 0 Å². The molecule has 2 heterocycles. The van der Waals surface area contributed by atoms with Crippen molar-refractivity contribution in [3.63, 3.8) is 0 Å². The molecule has 0 bridgehead atoms. The Hall–Kier alpha value is -2.21. The van der Waals surface area contributed by atoms with Gasteiger partial charge in [-0.2, -0.15) is 11.3 Å². The van der Waals surface area contributed by atoms with Crippen LogP contribution in [0.15, 0.2) is 29.0 Å². The van der Waals surface area contributed by atoms with E-state index < -0.39 is 11.9 Å². The highest BCUT2D eigenvalue weighted by Gasteiger charge is 2.32. The van der Waals surface area contributed by atoms with Gasteiger partial charge in [0.15, 0.2) is 11.5 Å². The molecule has 0 saturated carbocycles. The topological polar surface area (TPSA) is 54.0 Å². The number of benzene rings is 1. The maximum atomic E-state index is 11.1. The molecule has 1 aliphatic rings. The molecule has 2 aromatic rings. The summed E-state index contributed by atoms with van der Waals surface area (Å²) >= 11 is 1.63. The zero-order chi connectivity index (χ0) is 16.4. The number of rotatable bonds is 4. The molecule has 0 fully saturated rings. The highest BCUT2D eigenvalue weighted by molar-refractivity contribution is 7.08. The van der Waals surface area contributed by atoms with E-state index in [1.54, 1.807) is 11.3 Å². The summed E-state index contributed by atoms with van der Waals surface area (Å²) in [4.78, 5) is 11.1. The van der Waals surface area contributed by atoms with Crippen LogP contribution >= 0.6 is 11.3 Å². The highest BCUT2D eigenvalue weighted by atomic mass is 32.1. The fourth-order valence-electron chi connectivity index (χ4n) is 2.51. The minimum atomic E-state index is -0.677. The summed E-state index contributed by atoms with van der Waals surface area (Å²) in [6.07, 6.45) is -0.110. The molecule has 0 unspecified atom stereocenters. The van der Waals surface area contributed by atoms with Crippen LogP contribution in [0.3, 0.4) is 0 Å². The highest BCUT2D eigenvalue weighted by Crippen LogP contribution is 2.43. The van der Waals surface area contributed by atoms with Gasteiger partial charge in [-0.15, -0.1) is 0 Å². The van der Waals surface area contributed by atoms with Crippen LogP contribution in [-0.4, -0.2) is 25.7 Å². The Kier molecular flexibility index (Phi) is 4.17. The summed E-state index contributed by atoms with van der Waals surface area (Å²) < 4.78 is 21.1. The van der Waals surface area contributed by atoms with Gasteiger partial charge in [0.25, 0.3) is 0 Å². The second-order valence-electron chi connectivity index (χ2n) is 5.62. The van der Waals surface area contributed by atoms with Gasteiger partial charge < -0.3 is 18.9 Å². The van der Waals surface area contributed by atoms with E-state index in [1.165, 1.54) is 7.11 Å². The van der Waals surface area contributed by atoms with E-state index in [2.05, 4.69) is 16.2 Å². The van der Waals surface area contributed by atoms with Crippen molar-refractivity contribution in [3.8, 4) is 22.6 Å².